The molecule has 0 rings (SSSR count). The predicted octanol–water partition coefficient (Wildman–Crippen LogP) is 10.1. The molecule has 0 aliphatic carbocycles. The first-order chi connectivity index (χ1) is 17.2. The third-order valence-electron chi connectivity index (χ3n) is 8.09. The Bertz CT molecular complexity index is 536. The number of rotatable bonds is 25. The van der Waals surface area contributed by atoms with Crippen LogP contribution in [0.15, 0.2) is 0 Å². The average Bonchev–Trinajstić information content (AvgIpc) is 2.86. The molecule has 0 saturated carbocycles. The van der Waals surface area contributed by atoms with E-state index in [-0.39, 0.29) is 17.5 Å². The smallest absolute Gasteiger partial charge is 0.306 e. The summed E-state index contributed by atoms with van der Waals surface area (Å²) in [5.74, 6) is -0.0758. The summed E-state index contributed by atoms with van der Waals surface area (Å²) in [5, 5.41) is 0. The van der Waals surface area contributed by atoms with Gasteiger partial charge in [-0.3, -0.25) is 9.59 Å². The molecule has 0 unspecified atom stereocenters. The van der Waals surface area contributed by atoms with Crippen LogP contribution in [-0.4, -0.2) is 24.1 Å². The lowest BCUT2D eigenvalue weighted by Gasteiger charge is -2.26. The molecule has 0 aromatic carbocycles. The molecule has 0 spiro atoms. The van der Waals surface area contributed by atoms with Crippen LogP contribution in [0.3, 0.4) is 0 Å². The van der Waals surface area contributed by atoms with Crippen molar-refractivity contribution in [2.45, 2.75) is 182 Å². The molecule has 0 aromatic rings. The van der Waals surface area contributed by atoms with Gasteiger partial charge in [0.25, 0.3) is 0 Å². The van der Waals surface area contributed by atoms with Gasteiger partial charge in [-0.25, -0.2) is 0 Å². The molecule has 4 heteroatoms. The number of hydrogen-bond donors (Lipinski definition) is 0. The molecule has 0 N–H and O–H groups in total. The highest BCUT2D eigenvalue weighted by Gasteiger charge is 2.23. The number of unbranched alkanes of at least 4 members (excludes halogenated alkanes) is 13. The summed E-state index contributed by atoms with van der Waals surface area (Å²) in [6.45, 7) is 13.8. The van der Waals surface area contributed by atoms with Gasteiger partial charge >= 0.3 is 11.9 Å². The van der Waals surface area contributed by atoms with Crippen LogP contribution in [-0.2, 0) is 19.1 Å². The van der Waals surface area contributed by atoms with E-state index in [1.807, 2.05) is 6.92 Å². The highest BCUT2D eigenvalue weighted by molar-refractivity contribution is 5.70. The molecule has 4 nitrogen and oxygen atoms in total. The van der Waals surface area contributed by atoms with Gasteiger partial charge in [-0.1, -0.05) is 118 Å². The maximum absolute atomic E-state index is 12.0. The molecule has 0 amide bonds. The first-order valence-electron chi connectivity index (χ1n) is 15.6. The molecule has 214 valence electrons. The molecular formula is C32H62O4. The van der Waals surface area contributed by atoms with Crippen LogP contribution in [0.25, 0.3) is 0 Å². The Morgan fingerprint density at radius 1 is 0.528 bits per heavy atom. The van der Waals surface area contributed by atoms with Crippen LogP contribution in [0.4, 0.5) is 0 Å². The van der Waals surface area contributed by atoms with Gasteiger partial charge in [0.05, 0.1) is 6.61 Å². The van der Waals surface area contributed by atoms with E-state index in [1.165, 1.54) is 77.0 Å². The van der Waals surface area contributed by atoms with Crippen LogP contribution < -0.4 is 0 Å². The molecular weight excluding hydrogens is 448 g/mol. The van der Waals surface area contributed by atoms with Crippen LogP contribution in [0, 0.1) is 5.41 Å². The first-order valence-corrected chi connectivity index (χ1v) is 15.6. The summed E-state index contributed by atoms with van der Waals surface area (Å²) in [6, 6.07) is 0. The normalized spacial score (nSPS) is 12.1. The van der Waals surface area contributed by atoms with Crippen molar-refractivity contribution in [1.29, 1.82) is 0 Å². The van der Waals surface area contributed by atoms with Crippen molar-refractivity contribution in [3.05, 3.63) is 0 Å². The maximum atomic E-state index is 12.0. The Hall–Kier alpha value is -1.06. The van der Waals surface area contributed by atoms with Gasteiger partial charge in [0.1, 0.15) is 5.60 Å². The molecule has 0 bridgehead atoms. The minimum Gasteiger partial charge on any atom is -0.466 e. The van der Waals surface area contributed by atoms with E-state index in [0.29, 0.717) is 24.9 Å². The van der Waals surface area contributed by atoms with Crippen molar-refractivity contribution in [3.8, 4) is 0 Å². The zero-order chi connectivity index (χ0) is 27.1. The fourth-order valence-corrected chi connectivity index (χ4v) is 4.34. The van der Waals surface area contributed by atoms with Crippen molar-refractivity contribution in [2.24, 2.45) is 5.41 Å². The van der Waals surface area contributed by atoms with Crippen molar-refractivity contribution in [3.63, 3.8) is 0 Å². The predicted molar refractivity (Wildman–Crippen MR) is 153 cm³/mol. The van der Waals surface area contributed by atoms with Crippen molar-refractivity contribution >= 4 is 11.9 Å². The Balaban J connectivity index is 3.39. The lowest BCUT2D eigenvalue weighted by Crippen LogP contribution is -2.29. The third-order valence-corrected chi connectivity index (χ3v) is 8.09. The van der Waals surface area contributed by atoms with E-state index in [4.69, 9.17) is 9.47 Å². The van der Waals surface area contributed by atoms with Crippen molar-refractivity contribution in [2.75, 3.05) is 6.61 Å². The number of carbonyl (C=O) groups is 2. The standard InChI is InChI=1S/C32H62O4/c1-7-31(4,5)27-23-19-15-12-16-20-24-28-35-29(33)25-21-17-13-10-11-14-18-22-26-30(34)36-32(6,8-2)9-3/h7-28H2,1-6H3. The third kappa shape index (κ3) is 21.1. The van der Waals surface area contributed by atoms with Crippen molar-refractivity contribution in [1.82, 2.24) is 0 Å². The number of ether oxygens (including phenoxy) is 2. The minimum atomic E-state index is -0.297. The van der Waals surface area contributed by atoms with Gasteiger partial charge in [-0.05, 0) is 50.9 Å². The topological polar surface area (TPSA) is 52.6 Å². The molecule has 0 fully saturated rings. The van der Waals surface area contributed by atoms with Gasteiger partial charge in [0.2, 0.25) is 0 Å². The fraction of sp³-hybridized carbons (Fsp3) is 0.938. The van der Waals surface area contributed by atoms with Gasteiger partial charge in [-0.2, -0.15) is 0 Å². The molecule has 0 saturated heterocycles. The van der Waals surface area contributed by atoms with Crippen LogP contribution in [0.5, 0.6) is 0 Å². The molecule has 0 aliphatic rings. The zero-order valence-corrected chi connectivity index (χ0v) is 25.2. The average molecular weight is 511 g/mol. The minimum absolute atomic E-state index is 0.0253. The molecule has 0 atom stereocenters. The van der Waals surface area contributed by atoms with Crippen molar-refractivity contribution < 1.29 is 19.1 Å². The molecule has 0 heterocycles. The summed E-state index contributed by atoms with van der Waals surface area (Å²) >= 11 is 0. The van der Waals surface area contributed by atoms with Gasteiger partial charge < -0.3 is 9.47 Å². The highest BCUT2D eigenvalue weighted by Crippen LogP contribution is 2.27. The van der Waals surface area contributed by atoms with E-state index < -0.39 is 0 Å². The van der Waals surface area contributed by atoms with E-state index in [1.54, 1.807) is 0 Å². The van der Waals surface area contributed by atoms with E-state index in [2.05, 4.69) is 34.6 Å². The summed E-state index contributed by atoms with van der Waals surface area (Å²) in [6.07, 6.45) is 23.1. The van der Waals surface area contributed by atoms with Crippen LogP contribution >= 0.6 is 0 Å². The molecule has 36 heavy (non-hydrogen) atoms. The summed E-state index contributed by atoms with van der Waals surface area (Å²) in [5.41, 5.74) is 0.212. The van der Waals surface area contributed by atoms with E-state index in [9.17, 15) is 9.59 Å². The Labute approximate surface area is 225 Å². The largest absolute Gasteiger partial charge is 0.466 e. The van der Waals surface area contributed by atoms with Crippen LogP contribution in [0.2, 0.25) is 0 Å². The van der Waals surface area contributed by atoms with E-state index >= 15 is 0 Å². The van der Waals surface area contributed by atoms with E-state index in [0.717, 1.165) is 44.9 Å². The molecule has 0 radical (unpaired) electrons. The maximum Gasteiger partial charge on any atom is 0.306 e. The summed E-state index contributed by atoms with van der Waals surface area (Å²) in [7, 11) is 0. The number of hydrogen-bond acceptors (Lipinski definition) is 4. The Morgan fingerprint density at radius 2 is 0.944 bits per heavy atom. The SMILES string of the molecule is CCC(C)(C)CCCCCCCCCOC(=O)CCCCCCCCCCC(=O)OC(C)(CC)CC. The second kappa shape index (κ2) is 22.0. The zero-order valence-electron chi connectivity index (χ0n) is 25.2. The van der Waals surface area contributed by atoms with Crippen LogP contribution in [0.1, 0.15) is 176 Å². The fourth-order valence-electron chi connectivity index (χ4n) is 4.34. The number of esters is 2. The highest BCUT2D eigenvalue weighted by atomic mass is 16.6. The monoisotopic (exact) mass is 510 g/mol. The first kappa shape index (κ1) is 34.9. The molecule has 0 aromatic heterocycles. The van der Waals surface area contributed by atoms with Gasteiger partial charge in [-0.15, -0.1) is 0 Å². The summed E-state index contributed by atoms with van der Waals surface area (Å²) < 4.78 is 11.0. The van der Waals surface area contributed by atoms with Gasteiger partial charge in [0.15, 0.2) is 0 Å². The lowest BCUT2D eigenvalue weighted by atomic mass is 9.84. The quantitative estimate of drug-likeness (QED) is 0.0905. The number of carbonyl (C=O) groups excluding carboxylic acids is 2. The second-order valence-corrected chi connectivity index (χ2v) is 11.9. The molecule has 0 aliphatic heterocycles. The summed E-state index contributed by atoms with van der Waals surface area (Å²) in [4.78, 5) is 23.9. The second-order valence-electron chi connectivity index (χ2n) is 11.9. The Morgan fingerprint density at radius 3 is 1.42 bits per heavy atom. The lowest BCUT2D eigenvalue weighted by molar-refractivity contribution is -0.159. The Kier molecular flexibility index (Phi) is 21.3. The van der Waals surface area contributed by atoms with Gasteiger partial charge in [0, 0.05) is 12.8 Å².